The largest absolute Gasteiger partial charge is 0.346 e. The van der Waals surface area contributed by atoms with Crippen LogP contribution in [0.15, 0.2) is 0 Å². The molecule has 1 aliphatic rings. The molecule has 0 aliphatic carbocycles. The molecular formula is C16H32ClN3O2. The van der Waals surface area contributed by atoms with Crippen LogP contribution < -0.4 is 5.32 Å². The number of piperidine rings is 1. The minimum absolute atomic E-state index is 0. The molecule has 0 aromatic carbocycles. The second-order valence-corrected chi connectivity index (χ2v) is 6.17. The Morgan fingerprint density at radius 3 is 2.41 bits per heavy atom. The average molecular weight is 334 g/mol. The van der Waals surface area contributed by atoms with Crippen LogP contribution in [-0.2, 0) is 9.59 Å². The summed E-state index contributed by atoms with van der Waals surface area (Å²) in [5.74, 6) is 0.554. The van der Waals surface area contributed by atoms with E-state index in [1.54, 1.807) is 0 Å². The molecule has 0 spiro atoms. The number of unbranched alkanes of at least 4 members (excludes halogenated alkanes) is 1. The zero-order valence-corrected chi connectivity index (χ0v) is 15.2. The summed E-state index contributed by atoms with van der Waals surface area (Å²) in [6.07, 6.45) is 3.76. The van der Waals surface area contributed by atoms with Crippen LogP contribution >= 0.6 is 12.4 Å². The van der Waals surface area contributed by atoms with Gasteiger partial charge in [-0.15, -0.1) is 12.4 Å². The van der Waals surface area contributed by atoms with Crippen molar-refractivity contribution in [1.82, 2.24) is 15.1 Å². The SMILES string of the molecule is CCCCN(C)C(=O)C1CCN(C(=O)C(C)CNC)CC1.Cl. The highest BCUT2D eigenvalue weighted by molar-refractivity contribution is 5.85. The average Bonchev–Trinajstić information content (AvgIpc) is 2.51. The third-order valence-electron chi connectivity index (χ3n) is 4.31. The number of nitrogens with zero attached hydrogens (tertiary/aromatic N) is 2. The highest BCUT2D eigenvalue weighted by Gasteiger charge is 2.30. The first-order valence-corrected chi connectivity index (χ1v) is 8.19. The zero-order chi connectivity index (χ0) is 15.8. The summed E-state index contributed by atoms with van der Waals surface area (Å²) in [6.45, 7) is 7.06. The van der Waals surface area contributed by atoms with Gasteiger partial charge >= 0.3 is 0 Å². The molecule has 22 heavy (non-hydrogen) atoms. The Hall–Kier alpha value is -0.810. The van der Waals surface area contributed by atoms with Gasteiger partial charge in [0, 0.05) is 45.1 Å². The van der Waals surface area contributed by atoms with E-state index in [-0.39, 0.29) is 36.1 Å². The predicted molar refractivity (Wildman–Crippen MR) is 92.2 cm³/mol. The molecule has 6 heteroatoms. The Morgan fingerprint density at radius 2 is 1.91 bits per heavy atom. The summed E-state index contributed by atoms with van der Waals surface area (Å²) in [5, 5.41) is 3.04. The van der Waals surface area contributed by atoms with Gasteiger partial charge in [0.05, 0.1) is 0 Å². The fourth-order valence-electron chi connectivity index (χ4n) is 2.87. The Balaban J connectivity index is 0.00000441. The van der Waals surface area contributed by atoms with E-state index in [0.717, 1.165) is 32.2 Å². The number of hydrogen-bond acceptors (Lipinski definition) is 3. The molecule has 0 aromatic heterocycles. The fourth-order valence-corrected chi connectivity index (χ4v) is 2.87. The summed E-state index contributed by atoms with van der Waals surface area (Å²) in [7, 11) is 3.76. The van der Waals surface area contributed by atoms with E-state index in [0.29, 0.717) is 19.6 Å². The van der Waals surface area contributed by atoms with Gasteiger partial charge in [0.1, 0.15) is 0 Å². The smallest absolute Gasteiger partial charge is 0.226 e. The Morgan fingerprint density at radius 1 is 1.32 bits per heavy atom. The van der Waals surface area contributed by atoms with E-state index in [9.17, 15) is 9.59 Å². The molecule has 1 fully saturated rings. The number of halogens is 1. The number of hydrogen-bond donors (Lipinski definition) is 1. The summed E-state index contributed by atoms with van der Waals surface area (Å²) in [6, 6.07) is 0. The van der Waals surface area contributed by atoms with Crippen LogP contribution in [-0.4, -0.2) is 61.9 Å². The maximum absolute atomic E-state index is 12.3. The summed E-state index contributed by atoms with van der Waals surface area (Å²) in [5.41, 5.74) is 0. The quantitative estimate of drug-likeness (QED) is 0.772. The minimum Gasteiger partial charge on any atom is -0.346 e. The van der Waals surface area contributed by atoms with Gasteiger partial charge in [0.15, 0.2) is 0 Å². The highest BCUT2D eigenvalue weighted by atomic mass is 35.5. The first-order valence-electron chi connectivity index (χ1n) is 8.19. The lowest BCUT2D eigenvalue weighted by molar-refractivity contribution is -0.141. The molecule has 0 saturated carbocycles. The van der Waals surface area contributed by atoms with Crippen molar-refractivity contribution in [3.63, 3.8) is 0 Å². The molecule has 0 aromatic rings. The van der Waals surface area contributed by atoms with E-state index in [1.165, 1.54) is 0 Å². The molecule has 1 unspecified atom stereocenters. The number of carbonyl (C=O) groups is 2. The van der Waals surface area contributed by atoms with Crippen LogP contribution in [0.1, 0.15) is 39.5 Å². The maximum Gasteiger partial charge on any atom is 0.226 e. The Bertz CT molecular complexity index is 344. The minimum atomic E-state index is 0. The van der Waals surface area contributed by atoms with E-state index in [4.69, 9.17) is 0 Å². The number of amides is 2. The first-order chi connectivity index (χ1) is 10.0. The van der Waals surface area contributed by atoms with Gasteiger partial charge < -0.3 is 15.1 Å². The van der Waals surface area contributed by atoms with Crippen molar-refractivity contribution in [3.8, 4) is 0 Å². The van der Waals surface area contributed by atoms with Gasteiger partial charge in [-0.1, -0.05) is 20.3 Å². The van der Waals surface area contributed by atoms with Gasteiger partial charge in [-0.3, -0.25) is 9.59 Å². The molecule has 5 nitrogen and oxygen atoms in total. The summed E-state index contributed by atoms with van der Waals surface area (Å²) >= 11 is 0. The molecule has 1 aliphatic heterocycles. The number of rotatable bonds is 7. The van der Waals surface area contributed by atoms with Crippen LogP contribution in [0.3, 0.4) is 0 Å². The van der Waals surface area contributed by atoms with E-state index in [2.05, 4.69) is 12.2 Å². The highest BCUT2D eigenvalue weighted by Crippen LogP contribution is 2.20. The van der Waals surface area contributed by atoms with Crippen LogP contribution in [0.2, 0.25) is 0 Å². The third kappa shape index (κ3) is 6.13. The van der Waals surface area contributed by atoms with Gasteiger partial charge in [0.2, 0.25) is 11.8 Å². The van der Waals surface area contributed by atoms with Gasteiger partial charge in [0.25, 0.3) is 0 Å². The topological polar surface area (TPSA) is 52.7 Å². The van der Waals surface area contributed by atoms with Crippen molar-refractivity contribution in [2.24, 2.45) is 11.8 Å². The summed E-state index contributed by atoms with van der Waals surface area (Å²) < 4.78 is 0. The van der Waals surface area contributed by atoms with Gasteiger partial charge in [-0.25, -0.2) is 0 Å². The monoisotopic (exact) mass is 333 g/mol. The molecule has 1 heterocycles. The molecule has 130 valence electrons. The van der Waals surface area contributed by atoms with Gasteiger partial charge in [-0.05, 0) is 26.3 Å². The molecule has 1 N–H and O–H groups in total. The number of carbonyl (C=O) groups excluding carboxylic acids is 2. The molecule has 1 atom stereocenters. The standard InChI is InChI=1S/C16H31N3O2.ClH/c1-5-6-9-18(4)16(21)14-7-10-19(11-8-14)15(20)13(2)12-17-3;/h13-14,17H,5-12H2,1-4H3;1H. The molecule has 0 radical (unpaired) electrons. The van der Waals surface area contributed by atoms with Crippen LogP contribution in [0.5, 0.6) is 0 Å². The molecular weight excluding hydrogens is 302 g/mol. The molecule has 0 bridgehead atoms. The zero-order valence-electron chi connectivity index (χ0n) is 14.4. The normalized spacial score (nSPS) is 16.8. The fraction of sp³-hybridized carbons (Fsp3) is 0.875. The van der Waals surface area contributed by atoms with E-state index < -0.39 is 0 Å². The molecule has 1 rings (SSSR count). The van der Waals surface area contributed by atoms with E-state index >= 15 is 0 Å². The van der Waals surface area contributed by atoms with E-state index in [1.807, 2.05) is 30.8 Å². The second kappa shape index (κ2) is 10.8. The lowest BCUT2D eigenvalue weighted by atomic mass is 9.94. The van der Waals surface area contributed by atoms with Crippen molar-refractivity contribution < 1.29 is 9.59 Å². The first kappa shape index (κ1) is 21.2. The van der Waals surface area contributed by atoms with Crippen molar-refractivity contribution in [2.75, 3.05) is 40.3 Å². The third-order valence-corrected chi connectivity index (χ3v) is 4.31. The van der Waals surface area contributed by atoms with Gasteiger partial charge in [-0.2, -0.15) is 0 Å². The van der Waals surface area contributed by atoms with Crippen molar-refractivity contribution in [3.05, 3.63) is 0 Å². The van der Waals surface area contributed by atoms with Crippen molar-refractivity contribution in [1.29, 1.82) is 0 Å². The van der Waals surface area contributed by atoms with Crippen LogP contribution in [0.4, 0.5) is 0 Å². The molecule has 2 amide bonds. The Kier molecular flexibility index (Phi) is 10.4. The van der Waals surface area contributed by atoms with Crippen molar-refractivity contribution >= 4 is 24.2 Å². The second-order valence-electron chi connectivity index (χ2n) is 6.17. The molecule has 1 saturated heterocycles. The Labute approximate surface area is 141 Å². The maximum atomic E-state index is 12.3. The summed E-state index contributed by atoms with van der Waals surface area (Å²) in [4.78, 5) is 28.3. The number of likely N-dealkylation sites (tertiary alicyclic amines) is 1. The van der Waals surface area contributed by atoms with Crippen LogP contribution in [0.25, 0.3) is 0 Å². The number of nitrogens with one attached hydrogen (secondary N) is 1. The van der Waals surface area contributed by atoms with Crippen LogP contribution in [0, 0.1) is 11.8 Å². The lowest BCUT2D eigenvalue weighted by Crippen LogP contribution is -2.46. The lowest BCUT2D eigenvalue weighted by Gasteiger charge is -2.34. The van der Waals surface area contributed by atoms with Crippen molar-refractivity contribution in [2.45, 2.75) is 39.5 Å². The predicted octanol–water partition coefficient (Wildman–Crippen LogP) is 1.76.